The van der Waals surface area contributed by atoms with Crippen molar-refractivity contribution in [3.8, 4) is 0 Å². The Labute approximate surface area is 105 Å². The van der Waals surface area contributed by atoms with E-state index < -0.39 is 23.2 Å². The molecule has 0 aromatic rings. The van der Waals surface area contributed by atoms with Crippen LogP contribution in [0.1, 0.15) is 34.6 Å². The topological polar surface area (TPSA) is 76.1 Å². The second kappa shape index (κ2) is 3.40. The third-order valence-corrected chi connectivity index (χ3v) is 3.13. The van der Waals surface area contributed by atoms with Crippen LogP contribution in [0, 0.1) is 10.8 Å². The molecule has 2 rings (SSSR count). The van der Waals surface area contributed by atoms with Crippen LogP contribution < -0.4 is 0 Å². The summed E-state index contributed by atoms with van der Waals surface area (Å²) in [5, 5.41) is 8.75. The van der Waals surface area contributed by atoms with Gasteiger partial charge in [-0.15, -0.1) is 0 Å². The van der Waals surface area contributed by atoms with Gasteiger partial charge in [-0.2, -0.15) is 0 Å². The first kappa shape index (κ1) is 12.7. The molecule has 0 saturated carbocycles. The predicted molar refractivity (Wildman–Crippen MR) is 61.1 cm³/mol. The number of allylic oxidation sites excluding steroid dienone is 1. The monoisotopic (exact) mass is 255 g/mol. The molecule has 18 heavy (non-hydrogen) atoms. The van der Waals surface area contributed by atoms with Crippen LogP contribution in [0.2, 0.25) is 0 Å². The Morgan fingerprint density at radius 3 is 2.44 bits per heavy atom. The van der Waals surface area contributed by atoms with E-state index in [4.69, 9.17) is 14.6 Å². The van der Waals surface area contributed by atoms with Crippen LogP contribution in [-0.2, 0) is 14.3 Å². The number of nitrogens with zero attached hydrogens (tertiary/aromatic N) is 1. The number of rotatable bonds is 1. The van der Waals surface area contributed by atoms with Gasteiger partial charge >= 0.3 is 6.16 Å². The summed E-state index contributed by atoms with van der Waals surface area (Å²) < 4.78 is 10.4. The van der Waals surface area contributed by atoms with Gasteiger partial charge in [-0.25, -0.2) is 9.69 Å². The standard InChI is InChI=1S/C12H17NO5/c1-11(2,3)6-7(18-10(15)16)13-8(14)12(4,5)9(13)17-6/h9H,1-5H3,(H,15,16)/t9-/m0/s1. The zero-order chi connectivity index (χ0) is 13.9. The summed E-state index contributed by atoms with van der Waals surface area (Å²) >= 11 is 0. The summed E-state index contributed by atoms with van der Waals surface area (Å²) in [4.78, 5) is 24.0. The number of ether oxygens (including phenoxy) is 2. The zero-order valence-electron chi connectivity index (χ0n) is 11.1. The first-order valence-corrected chi connectivity index (χ1v) is 5.72. The molecule has 1 atom stereocenters. The lowest BCUT2D eigenvalue weighted by Crippen LogP contribution is -2.64. The molecule has 0 radical (unpaired) electrons. The molecular weight excluding hydrogens is 238 g/mol. The smallest absolute Gasteiger partial charge is 0.467 e. The Kier molecular flexibility index (Phi) is 2.40. The summed E-state index contributed by atoms with van der Waals surface area (Å²) in [5.41, 5.74) is -1.08. The molecule has 1 N–H and O–H groups in total. The van der Waals surface area contributed by atoms with Crippen LogP contribution in [0.25, 0.3) is 0 Å². The number of carbonyl (C=O) groups excluding carboxylic acids is 1. The average molecular weight is 255 g/mol. The first-order chi connectivity index (χ1) is 8.06. The normalized spacial score (nSPS) is 25.5. The molecule has 1 fully saturated rings. The quantitative estimate of drug-likeness (QED) is 0.573. The second-order valence-electron chi connectivity index (χ2n) is 6.12. The van der Waals surface area contributed by atoms with E-state index in [-0.39, 0.29) is 11.8 Å². The van der Waals surface area contributed by atoms with Gasteiger partial charge in [0.2, 0.25) is 5.91 Å². The number of hydrogen-bond acceptors (Lipinski definition) is 4. The lowest BCUT2D eigenvalue weighted by molar-refractivity contribution is -0.191. The van der Waals surface area contributed by atoms with Crippen LogP contribution in [-0.4, -0.2) is 28.3 Å². The predicted octanol–water partition coefficient (Wildman–Crippen LogP) is 2.12. The van der Waals surface area contributed by atoms with Crippen molar-refractivity contribution < 1.29 is 24.2 Å². The van der Waals surface area contributed by atoms with Gasteiger partial charge < -0.3 is 14.6 Å². The van der Waals surface area contributed by atoms with Gasteiger partial charge in [0.15, 0.2) is 12.0 Å². The number of carbonyl (C=O) groups is 2. The van der Waals surface area contributed by atoms with Crippen molar-refractivity contribution in [1.82, 2.24) is 4.90 Å². The van der Waals surface area contributed by atoms with Crippen LogP contribution in [0.5, 0.6) is 0 Å². The van der Waals surface area contributed by atoms with Crippen molar-refractivity contribution in [2.45, 2.75) is 40.8 Å². The number of fused-ring (bicyclic) bond motifs is 1. The fourth-order valence-electron chi connectivity index (χ4n) is 2.13. The molecular formula is C12H17NO5. The van der Waals surface area contributed by atoms with Crippen LogP contribution >= 0.6 is 0 Å². The Balaban J connectivity index is 2.40. The number of hydrogen-bond donors (Lipinski definition) is 1. The molecule has 100 valence electrons. The van der Waals surface area contributed by atoms with Crippen molar-refractivity contribution in [1.29, 1.82) is 0 Å². The Morgan fingerprint density at radius 1 is 1.44 bits per heavy atom. The van der Waals surface area contributed by atoms with Crippen LogP contribution in [0.3, 0.4) is 0 Å². The van der Waals surface area contributed by atoms with Crippen molar-refractivity contribution >= 4 is 12.1 Å². The number of β-lactam (4-membered cyclic amide) rings is 1. The lowest BCUT2D eigenvalue weighted by atomic mass is 9.81. The molecule has 6 nitrogen and oxygen atoms in total. The van der Waals surface area contributed by atoms with Crippen molar-refractivity contribution in [2.75, 3.05) is 0 Å². The van der Waals surface area contributed by atoms with E-state index in [1.807, 2.05) is 20.8 Å². The van der Waals surface area contributed by atoms with Crippen molar-refractivity contribution in [3.63, 3.8) is 0 Å². The molecule has 6 heteroatoms. The maximum atomic E-state index is 12.0. The van der Waals surface area contributed by atoms with Crippen molar-refractivity contribution in [3.05, 3.63) is 11.6 Å². The first-order valence-electron chi connectivity index (χ1n) is 5.72. The highest BCUT2D eigenvalue weighted by atomic mass is 16.7. The highest BCUT2D eigenvalue weighted by Gasteiger charge is 2.63. The molecule has 0 aromatic heterocycles. The minimum atomic E-state index is -1.45. The third kappa shape index (κ3) is 1.55. The molecule has 1 amide bonds. The minimum Gasteiger partial charge on any atom is -0.467 e. The second-order valence-corrected chi connectivity index (χ2v) is 6.12. The molecule has 1 saturated heterocycles. The van der Waals surface area contributed by atoms with Crippen molar-refractivity contribution in [2.24, 2.45) is 10.8 Å². The van der Waals surface area contributed by atoms with Gasteiger partial charge in [0.1, 0.15) is 5.41 Å². The van der Waals surface area contributed by atoms with E-state index in [2.05, 4.69) is 0 Å². The van der Waals surface area contributed by atoms with Gasteiger partial charge in [-0.1, -0.05) is 20.8 Å². The van der Waals surface area contributed by atoms with E-state index >= 15 is 0 Å². The van der Waals surface area contributed by atoms with E-state index in [1.54, 1.807) is 13.8 Å². The minimum absolute atomic E-state index is 0.00400. The number of amides is 1. The lowest BCUT2D eigenvalue weighted by Gasteiger charge is -2.46. The third-order valence-electron chi connectivity index (χ3n) is 3.13. The maximum absolute atomic E-state index is 12.0. The van der Waals surface area contributed by atoms with Crippen LogP contribution in [0.4, 0.5) is 4.79 Å². The largest absolute Gasteiger partial charge is 0.512 e. The summed E-state index contributed by atoms with van der Waals surface area (Å²) in [5.74, 6) is 0.209. The molecule has 0 spiro atoms. The van der Waals surface area contributed by atoms with E-state index in [0.717, 1.165) is 0 Å². The average Bonchev–Trinajstić information content (AvgIpc) is 2.53. The molecule has 0 unspecified atom stereocenters. The summed E-state index contributed by atoms with van der Waals surface area (Å²) in [6, 6.07) is 0. The Morgan fingerprint density at radius 2 is 2.00 bits per heavy atom. The molecule has 2 heterocycles. The van der Waals surface area contributed by atoms with Gasteiger partial charge in [-0.3, -0.25) is 4.79 Å². The summed E-state index contributed by atoms with van der Waals surface area (Å²) in [7, 11) is 0. The highest BCUT2D eigenvalue weighted by Crippen LogP contribution is 2.51. The Bertz CT molecular complexity index is 458. The van der Waals surface area contributed by atoms with Crippen LogP contribution in [0.15, 0.2) is 11.6 Å². The van der Waals surface area contributed by atoms with E-state index in [0.29, 0.717) is 5.76 Å². The Hall–Kier alpha value is -1.72. The fourth-order valence-corrected chi connectivity index (χ4v) is 2.13. The van der Waals surface area contributed by atoms with Gasteiger partial charge in [-0.05, 0) is 13.8 Å². The van der Waals surface area contributed by atoms with Gasteiger partial charge in [0.05, 0.1) is 0 Å². The highest BCUT2D eigenvalue weighted by molar-refractivity contribution is 5.91. The van der Waals surface area contributed by atoms with E-state index in [1.165, 1.54) is 4.90 Å². The zero-order valence-corrected chi connectivity index (χ0v) is 11.1. The van der Waals surface area contributed by atoms with Gasteiger partial charge in [0, 0.05) is 5.41 Å². The molecule has 2 aliphatic rings. The van der Waals surface area contributed by atoms with Gasteiger partial charge in [0.25, 0.3) is 5.88 Å². The fraction of sp³-hybridized carbons (Fsp3) is 0.667. The molecule has 0 aliphatic carbocycles. The molecule has 2 aliphatic heterocycles. The molecule has 0 bridgehead atoms. The summed E-state index contributed by atoms with van der Waals surface area (Å²) in [6.07, 6.45) is -1.93. The maximum Gasteiger partial charge on any atom is 0.512 e. The SMILES string of the molecule is CC(C)(C)C1=C(OC(=O)O)N2C(=O)C(C)(C)[C@@H]2O1. The summed E-state index contributed by atoms with van der Waals surface area (Å²) in [6.45, 7) is 9.14. The number of carboxylic acid groups (broad SMARTS) is 1. The molecule has 0 aromatic carbocycles. The van der Waals surface area contributed by atoms with E-state index in [9.17, 15) is 9.59 Å².